The molecule has 166 valence electrons. The van der Waals surface area contributed by atoms with Crippen LogP contribution in [0.4, 0.5) is 5.69 Å². The Morgan fingerprint density at radius 2 is 1.77 bits per heavy atom. The first-order valence-electron chi connectivity index (χ1n) is 10.3. The molecule has 2 amide bonds. The molecule has 0 aliphatic heterocycles. The van der Waals surface area contributed by atoms with Crippen molar-refractivity contribution in [3.8, 4) is 11.5 Å². The van der Waals surface area contributed by atoms with Gasteiger partial charge in [0.2, 0.25) is 11.8 Å². The van der Waals surface area contributed by atoms with E-state index >= 15 is 0 Å². The van der Waals surface area contributed by atoms with Crippen molar-refractivity contribution in [2.45, 2.75) is 39.5 Å². The van der Waals surface area contributed by atoms with Crippen LogP contribution >= 0.6 is 15.9 Å². The smallest absolute Gasteiger partial charge is 0.240 e. The van der Waals surface area contributed by atoms with Crippen molar-refractivity contribution in [3.63, 3.8) is 0 Å². The molecule has 0 unspecified atom stereocenters. The highest BCUT2D eigenvalue weighted by Gasteiger charge is 2.07. The number of amides is 2. The van der Waals surface area contributed by atoms with Gasteiger partial charge in [-0.3, -0.25) is 9.59 Å². The summed E-state index contributed by atoms with van der Waals surface area (Å²) in [6.07, 6.45) is 3.71. The summed E-state index contributed by atoms with van der Waals surface area (Å²) >= 11 is 3.47. The molecule has 0 saturated heterocycles. The Morgan fingerprint density at radius 3 is 2.45 bits per heavy atom. The fourth-order valence-electron chi connectivity index (χ4n) is 2.53. The summed E-state index contributed by atoms with van der Waals surface area (Å²) in [5.41, 5.74) is 3.90. The lowest BCUT2D eigenvalue weighted by molar-refractivity contribution is -0.124. The highest BCUT2D eigenvalue weighted by molar-refractivity contribution is 9.10. The molecular weight excluding hydrogens is 462 g/mol. The lowest BCUT2D eigenvalue weighted by atomic mass is 10.2. The first-order chi connectivity index (χ1) is 15.0. The molecule has 7 nitrogen and oxygen atoms in total. The van der Waals surface area contributed by atoms with Crippen LogP contribution in [0.1, 0.15) is 45.1 Å². The van der Waals surface area contributed by atoms with Crippen LogP contribution < -0.4 is 20.2 Å². The highest BCUT2D eigenvalue weighted by Crippen LogP contribution is 2.25. The van der Waals surface area contributed by atoms with Gasteiger partial charge in [-0.05, 0) is 77.3 Å². The third-order valence-electron chi connectivity index (χ3n) is 4.14. The van der Waals surface area contributed by atoms with E-state index in [4.69, 9.17) is 9.47 Å². The summed E-state index contributed by atoms with van der Waals surface area (Å²) in [4.78, 5) is 23.9. The second-order valence-electron chi connectivity index (χ2n) is 6.69. The molecule has 2 N–H and O–H groups in total. The predicted octanol–water partition coefficient (Wildman–Crippen LogP) is 4.90. The SMILES string of the molecule is CCCCOc1ccc(C=NNC(=O)CCC(=O)Nc2ccc(OCC)cc2)cc1Br. The number of carbonyl (C=O) groups is 2. The first-order valence-corrected chi connectivity index (χ1v) is 11.1. The number of hydrogen-bond donors (Lipinski definition) is 2. The number of benzene rings is 2. The number of nitrogens with zero attached hydrogens (tertiary/aromatic N) is 1. The van der Waals surface area contributed by atoms with Gasteiger partial charge in [-0.25, -0.2) is 5.43 Å². The van der Waals surface area contributed by atoms with Crippen LogP contribution in [0.5, 0.6) is 11.5 Å². The Bertz CT molecular complexity index is 885. The summed E-state index contributed by atoms with van der Waals surface area (Å²) in [6, 6.07) is 12.6. The van der Waals surface area contributed by atoms with Crippen LogP contribution in [0.2, 0.25) is 0 Å². The Labute approximate surface area is 191 Å². The summed E-state index contributed by atoms with van der Waals surface area (Å²) in [7, 11) is 0. The van der Waals surface area contributed by atoms with Crippen molar-refractivity contribution >= 4 is 39.6 Å². The third-order valence-corrected chi connectivity index (χ3v) is 4.76. The van der Waals surface area contributed by atoms with Crippen LogP contribution in [-0.2, 0) is 9.59 Å². The average molecular weight is 490 g/mol. The number of hydrogen-bond acceptors (Lipinski definition) is 5. The molecule has 0 aromatic heterocycles. The van der Waals surface area contributed by atoms with Gasteiger partial charge in [-0.1, -0.05) is 13.3 Å². The molecule has 0 aliphatic rings. The van der Waals surface area contributed by atoms with E-state index in [1.165, 1.54) is 0 Å². The summed E-state index contributed by atoms with van der Waals surface area (Å²) in [6.45, 7) is 5.27. The lowest BCUT2D eigenvalue weighted by Crippen LogP contribution is -2.20. The predicted molar refractivity (Wildman–Crippen MR) is 126 cm³/mol. The molecule has 8 heteroatoms. The third kappa shape index (κ3) is 9.21. The molecule has 0 aliphatic carbocycles. The quantitative estimate of drug-likeness (QED) is 0.252. The van der Waals surface area contributed by atoms with Gasteiger partial charge in [-0.2, -0.15) is 5.10 Å². The van der Waals surface area contributed by atoms with E-state index in [0.717, 1.165) is 34.4 Å². The molecule has 0 bridgehead atoms. The van der Waals surface area contributed by atoms with Crippen LogP contribution in [-0.4, -0.2) is 31.2 Å². The minimum Gasteiger partial charge on any atom is -0.494 e. The maximum Gasteiger partial charge on any atom is 0.240 e. The Kier molecular flexibility index (Phi) is 10.6. The van der Waals surface area contributed by atoms with E-state index in [2.05, 4.69) is 38.7 Å². The topological polar surface area (TPSA) is 89.0 Å². The molecule has 0 spiro atoms. The molecule has 0 heterocycles. The Morgan fingerprint density at radius 1 is 1.03 bits per heavy atom. The number of unbranched alkanes of at least 4 members (excludes halogenated alkanes) is 1. The van der Waals surface area contributed by atoms with Gasteiger partial charge in [0.05, 0.1) is 23.9 Å². The van der Waals surface area contributed by atoms with E-state index in [9.17, 15) is 9.59 Å². The van der Waals surface area contributed by atoms with E-state index < -0.39 is 0 Å². The minimum atomic E-state index is -0.336. The van der Waals surface area contributed by atoms with Gasteiger partial charge >= 0.3 is 0 Å². The van der Waals surface area contributed by atoms with E-state index in [1.807, 2.05) is 25.1 Å². The summed E-state index contributed by atoms with van der Waals surface area (Å²) in [5.74, 6) is 0.930. The zero-order valence-corrected chi connectivity index (χ0v) is 19.4. The number of anilines is 1. The Balaban J connectivity index is 1.72. The van der Waals surface area contributed by atoms with Crippen molar-refractivity contribution in [1.29, 1.82) is 0 Å². The second kappa shape index (κ2) is 13.4. The molecule has 2 rings (SSSR count). The van der Waals surface area contributed by atoms with Crippen LogP contribution in [0, 0.1) is 0 Å². The van der Waals surface area contributed by atoms with Gasteiger partial charge in [0.25, 0.3) is 0 Å². The molecule has 0 fully saturated rings. The van der Waals surface area contributed by atoms with E-state index in [0.29, 0.717) is 18.9 Å². The number of halogens is 1. The Hall–Kier alpha value is -2.87. The molecule has 0 radical (unpaired) electrons. The maximum absolute atomic E-state index is 12.0. The van der Waals surface area contributed by atoms with Crippen molar-refractivity contribution in [1.82, 2.24) is 5.43 Å². The molecular formula is C23H28BrN3O4. The number of ether oxygens (including phenoxy) is 2. The normalized spacial score (nSPS) is 10.7. The summed E-state index contributed by atoms with van der Waals surface area (Å²) < 4.78 is 11.9. The van der Waals surface area contributed by atoms with Gasteiger partial charge in [-0.15, -0.1) is 0 Å². The molecule has 0 atom stereocenters. The van der Waals surface area contributed by atoms with Gasteiger partial charge in [0, 0.05) is 18.5 Å². The fourth-order valence-corrected chi connectivity index (χ4v) is 3.04. The van der Waals surface area contributed by atoms with Crippen LogP contribution in [0.25, 0.3) is 0 Å². The number of nitrogens with one attached hydrogen (secondary N) is 2. The maximum atomic E-state index is 12.0. The van der Waals surface area contributed by atoms with Gasteiger partial charge in [0.15, 0.2) is 0 Å². The van der Waals surface area contributed by atoms with Crippen molar-refractivity contribution in [2.24, 2.45) is 5.10 Å². The van der Waals surface area contributed by atoms with Crippen LogP contribution in [0.15, 0.2) is 52.0 Å². The largest absolute Gasteiger partial charge is 0.494 e. The number of carbonyl (C=O) groups excluding carboxylic acids is 2. The van der Waals surface area contributed by atoms with E-state index in [-0.39, 0.29) is 24.7 Å². The van der Waals surface area contributed by atoms with E-state index in [1.54, 1.807) is 30.5 Å². The molecule has 0 saturated carbocycles. The fraction of sp³-hybridized carbons (Fsp3) is 0.348. The standard InChI is InChI=1S/C23H28BrN3O4/c1-3-5-14-31-21-11-6-17(15-20(21)24)16-25-27-23(29)13-12-22(28)26-18-7-9-19(10-8-18)30-4-2/h6-11,15-16H,3-5,12-14H2,1-2H3,(H,26,28)(H,27,29). The average Bonchev–Trinajstić information content (AvgIpc) is 2.75. The second-order valence-corrected chi connectivity index (χ2v) is 7.54. The monoisotopic (exact) mass is 489 g/mol. The van der Waals surface area contributed by atoms with Gasteiger partial charge in [0.1, 0.15) is 11.5 Å². The lowest BCUT2D eigenvalue weighted by Gasteiger charge is -2.08. The highest BCUT2D eigenvalue weighted by atomic mass is 79.9. The first kappa shape index (κ1) is 24.4. The van der Waals surface area contributed by atoms with Gasteiger partial charge < -0.3 is 14.8 Å². The molecule has 31 heavy (non-hydrogen) atoms. The molecule has 2 aromatic rings. The van der Waals surface area contributed by atoms with Crippen molar-refractivity contribution in [3.05, 3.63) is 52.5 Å². The zero-order valence-electron chi connectivity index (χ0n) is 17.8. The summed E-state index contributed by atoms with van der Waals surface area (Å²) in [5, 5.41) is 6.69. The number of rotatable bonds is 12. The van der Waals surface area contributed by atoms with Crippen molar-refractivity contribution < 1.29 is 19.1 Å². The zero-order chi connectivity index (χ0) is 22.5. The molecule has 2 aromatic carbocycles. The number of hydrazone groups is 1. The van der Waals surface area contributed by atoms with Crippen LogP contribution in [0.3, 0.4) is 0 Å². The van der Waals surface area contributed by atoms with Crippen molar-refractivity contribution in [2.75, 3.05) is 18.5 Å². The minimum absolute atomic E-state index is 0.0358.